The van der Waals surface area contributed by atoms with E-state index in [-0.39, 0.29) is 17.9 Å². The molecular formula is C10H19NO2. The monoisotopic (exact) mass is 185 g/mol. The predicted octanol–water partition coefficient (Wildman–Crippen LogP) is 1.01. The molecule has 0 spiro atoms. The number of hydrogen-bond donors (Lipinski definition) is 1. The normalized spacial score (nSPS) is 28.1. The predicted molar refractivity (Wildman–Crippen MR) is 51.3 cm³/mol. The van der Waals surface area contributed by atoms with Crippen LogP contribution < -0.4 is 0 Å². The summed E-state index contributed by atoms with van der Waals surface area (Å²) in [5.74, 6) is -0.0487. The van der Waals surface area contributed by atoms with Crippen molar-refractivity contribution in [1.29, 1.82) is 0 Å². The van der Waals surface area contributed by atoms with Gasteiger partial charge in [0.15, 0.2) is 0 Å². The van der Waals surface area contributed by atoms with E-state index in [2.05, 4.69) is 0 Å². The van der Waals surface area contributed by atoms with Crippen molar-refractivity contribution in [3.8, 4) is 0 Å². The van der Waals surface area contributed by atoms with Gasteiger partial charge in [-0.2, -0.15) is 0 Å². The standard InChI is InChI=1S/C10H19NO2/c1-7(2)11(3)10(13)8-5-4-6-9(8)12/h7-9,12H,4-6H2,1-3H3. The zero-order valence-corrected chi connectivity index (χ0v) is 8.66. The van der Waals surface area contributed by atoms with Crippen molar-refractivity contribution in [2.24, 2.45) is 5.92 Å². The zero-order chi connectivity index (χ0) is 10.0. The minimum Gasteiger partial charge on any atom is -0.392 e. The van der Waals surface area contributed by atoms with E-state index in [9.17, 15) is 9.90 Å². The Morgan fingerprint density at radius 2 is 2.08 bits per heavy atom. The number of aliphatic hydroxyl groups is 1. The fraction of sp³-hybridized carbons (Fsp3) is 0.900. The maximum Gasteiger partial charge on any atom is 0.228 e. The molecule has 0 radical (unpaired) electrons. The molecule has 0 heterocycles. The highest BCUT2D eigenvalue weighted by molar-refractivity contribution is 5.79. The Morgan fingerprint density at radius 3 is 2.46 bits per heavy atom. The maximum absolute atomic E-state index is 11.8. The van der Waals surface area contributed by atoms with E-state index in [1.54, 1.807) is 11.9 Å². The lowest BCUT2D eigenvalue weighted by molar-refractivity contribution is -0.138. The van der Waals surface area contributed by atoms with Gasteiger partial charge in [-0.3, -0.25) is 4.79 Å². The van der Waals surface area contributed by atoms with Crippen molar-refractivity contribution >= 4 is 5.91 Å². The smallest absolute Gasteiger partial charge is 0.228 e. The fourth-order valence-electron chi connectivity index (χ4n) is 1.74. The molecule has 2 unspecified atom stereocenters. The lowest BCUT2D eigenvalue weighted by Gasteiger charge is -2.26. The van der Waals surface area contributed by atoms with E-state index >= 15 is 0 Å². The van der Waals surface area contributed by atoms with Gasteiger partial charge in [-0.1, -0.05) is 0 Å². The molecule has 0 saturated heterocycles. The van der Waals surface area contributed by atoms with Crippen LogP contribution in [0.15, 0.2) is 0 Å². The molecule has 0 bridgehead atoms. The van der Waals surface area contributed by atoms with Crippen molar-refractivity contribution in [2.75, 3.05) is 7.05 Å². The molecule has 1 fully saturated rings. The SMILES string of the molecule is CC(C)N(C)C(=O)C1CCCC1O. The van der Waals surface area contributed by atoms with Gasteiger partial charge in [0.2, 0.25) is 5.91 Å². The summed E-state index contributed by atoms with van der Waals surface area (Å²) in [6, 6.07) is 0.222. The van der Waals surface area contributed by atoms with Gasteiger partial charge < -0.3 is 10.0 Å². The molecule has 13 heavy (non-hydrogen) atoms. The third-order valence-corrected chi connectivity index (χ3v) is 2.92. The van der Waals surface area contributed by atoms with Crippen molar-refractivity contribution in [3.63, 3.8) is 0 Å². The van der Waals surface area contributed by atoms with Gasteiger partial charge in [0, 0.05) is 13.1 Å². The van der Waals surface area contributed by atoms with Crippen molar-refractivity contribution in [2.45, 2.75) is 45.3 Å². The largest absolute Gasteiger partial charge is 0.392 e. The molecule has 0 aromatic rings. The molecule has 1 amide bonds. The van der Waals surface area contributed by atoms with Crippen LogP contribution >= 0.6 is 0 Å². The summed E-state index contributed by atoms with van der Waals surface area (Å²) in [7, 11) is 1.80. The third-order valence-electron chi connectivity index (χ3n) is 2.92. The number of hydrogen-bond acceptors (Lipinski definition) is 2. The van der Waals surface area contributed by atoms with Crippen LogP contribution in [0.4, 0.5) is 0 Å². The van der Waals surface area contributed by atoms with Crippen molar-refractivity contribution < 1.29 is 9.90 Å². The molecule has 1 saturated carbocycles. The summed E-state index contributed by atoms with van der Waals surface area (Å²) >= 11 is 0. The van der Waals surface area contributed by atoms with Crippen LogP contribution in [-0.4, -0.2) is 35.1 Å². The van der Waals surface area contributed by atoms with Gasteiger partial charge in [-0.15, -0.1) is 0 Å². The summed E-state index contributed by atoms with van der Waals surface area (Å²) in [6.07, 6.45) is 2.19. The molecular weight excluding hydrogens is 166 g/mol. The molecule has 2 atom stereocenters. The summed E-state index contributed by atoms with van der Waals surface area (Å²) in [5, 5.41) is 9.54. The van der Waals surface area contributed by atoms with Crippen LogP contribution in [0, 0.1) is 5.92 Å². The molecule has 3 nitrogen and oxygen atoms in total. The summed E-state index contributed by atoms with van der Waals surface area (Å²) in [5.41, 5.74) is 0. The van der Waals surface area contributed by atoms with Crippen LogP contribution in [0.25, 0.3) is 0 Å². The first-order chi connectivity index (χ1) is 6.04. The molecule has 1 aliphatic rings. The van der Waals surface area contributed by atoms with Gasteiger partial charge >= 0.3 is 0 Å². The van der Waals surface area contributed by atoms with Crippen molar-refractivity contribution in [1.82, 2.24) is 4.90 Å². The average Bonchev–Trinajstić information content (AvgIpc) is 2.48. The Kier molecular flexibility index (Phi) is 3.31. The van der Waals surface area contributed by atoms with Gasteiger partial charge in [0.05, 0.1) is 12.0 Å². The van der Waals surface area contributed by atoms with E-state index in [1.165, 1.54) is 0 Å². The third kappa shape index (κ3) is 2.21. The van der Waals surface area contributed by atoms with Crippen LogP contribution in [-0.2, 0) is 4.79 Å². The van der Waals surface area contributed by atoms with E-state index < -0.39 is 6.10 Å². The molecule has 1 aliphatic carbocycles. The summed E-state index contributed by atoms with van der Waals surface area (Å²) < 4.78 is 0. The van der Waals surface area contributed by atoms with Crippen LogP contribution in [0.3, 0.4) is 0 Å². The Bertz CT molecular complexity index is 191. The molecule has 76 valence electrons. The fourth-order valence-corrected chi connectivity index (χ4v) is 1.74. The highest BCUT2D eigenvalue weighted by atomic mass is 16.3. The lowest BCUT2D eigenvalue weighted by Crippen LogP contribution is -2.40. The topological polar surface area (TPSA) is 40.5 Å². The second kappa shape index (κ2) is 4.09. The zero-order valence-electron chi connectivity index (χ0n) is 8.66. The first-order valence-corrected chi connectivity index (χ1v) is 4.98. The summed E-state index contributed by atoms with van der Waals surface area (Å²) in [6.45, 7) is 3.97. The molecule has 3 heteroatoms. The van der Waals surface area contributed by atoms with Gasteiger partial charge in [-0.05, 0) is 33.1 Å². The number of carbonyl (C=O) groups excluding carboxylic acids is 1. The van der Waals surface area contributed by atoms with E-state index in [4.69, 9.17) is 0 Å². The van der Waals surface area contributed by atoms with E-state index in [1.807, 2.05) is 13.8 Å². The number of aliphatic hydroxyl groups excluding tert-OH is 1. The first kappa shape index (κ1) is 10.5. The van der Waals surface area contributed by atoms with Crippen LogP contribution in [0.5, 0.6) is 0 Å². The molecule has 0 aromatic heterocycles. The van der Waals surface area contributed by atoms with E-state index in [0.29, 0.717) is 0 Å². The molecule has 1 N–H and O–H groups in total. The highest BCUT2D eigenvalue weighted by Crippen LogP contribution is 2.27. The number of carbonyl (C=O) groups is 1. The van der Waals surface area contributed by atoms with E-state index in [0.717, 1.165) is 19.3 Å². The van der Waals surface area contributed by atoms with Crippen LogP contribution in [0.1, 0.15) is 33.1 Å². The highest BCUT2D eigenvalue weighted by Gasteiger charge is 2.33. The maximum atomic E-state index is 11.8. The second-order valence-corrected chi connectivity index (χ2v) is 4.15. The van der Waals surface area contributed by atoms with Crippen LogP contribution in [0.2, 0.25) is 0 Å². The number of amides is 1. The first-order valence-electron chi connectivity index (χ1n) is 4.98. The second-order valence-electron chi connectivity index (χ2n) is 4.15. The van der Waals surface area contributed by atoms with Gasteiger partial charge in [0.25, 0.3) is 0 Å². The number of nitrogens with zero attached hydrogens (tertiary/aromatic N) is 1. The summed E-state index contributed by atoms with van der Waals surface area (Å²) in [4.78, 5) is 13.5. The number of rotatable bonds is 2. The molecule has 1 rings (SSSR count). The molecule has 0 aliphatic heterocycles. The minimum absolute atomic E-state index is 0.0972. The average molecular weight is 185 g/mol. The lowest BCUT2D eigenvalue weighted by atomic mass is 10.0. The quantitative estimate of drug-likeness (QED) is 0.697. The Hall–Kier alpha value is -0.570. The molecule has 0 aromatic carbocycles. The Morgan fingerprint density at radius 1 is 1.46 bits per heavy atom. The van der Waals surface area contributed by atoms with Gasteiger partial charge in [-0.25, -0.2) is 0 Å². The van der Waals surface area contributed by atoms with Gasteiger partial charge in [0.1, 0.15) is 0 Å². The Balaban J connectivity index is 2.56. The van der Waals surface area contributed by atoms with Crippen molar-refractivity contribution in [3.05, 3.63) is 0 Å². The Labute approximate surface area is 79.7 Å². The minimum atomic E-state index is -0.409.